The molecule has 0 aliphatic carbocycles. The number of nitrogens with zero attached hydrogens (tertiary/aromatic N) is 3. The summed E-state index contributed by atoms with van der Waals surface area (Å²) in [5, 5.41) is 11.1. The Hall–Kier alpha value is -2.78. The number of aromatic amines is 1. The van der Waals surface area contributed by atoms with E-state index in [4.69, 9.17) is 0 Å². The van der Waals surface area contributed by atoms with E-state index in [1.54, 1.807) is 0 Å². The van der Waals surface area contributed by atoms with Gasteiger partial charge in [0.25, 0.3) is 5.69 Å². The van der Waals surface area contributed by atoms with Gasteiger partial charge in [-0.05, 0) is 18.2 Å². The summed E-state index contributed by atoms with van der Waals surface area (Å²) in [4.78, 5) is 17.8. The fourth-order valence-electron chi connectivity index (χ4n) is 2.94. The van der Waals surface area contributed by atoms with Crippen molar-refractivity contribution in [2.24, 2.45) is 0 Å². The third-order valence-electron chi connectivity index (χ3n) is 4.32. The summed E-state index contributed by atoms with van der Waals surface area (Å²) in [6, 6.07) is 13.0. The zero-order valence-electron chi connectivity index (χ0n) is 13.0. The Balaban J connectivity index is 1.58. The largest absolute Gasteiger partial charge is 0.342 e. The predicted molar refractivity (Wildman–Crippen MR) is 90.7 cm³/mol. The Labute approximate surface area is 143 Å². The highest BCUT2D eigenvalue weighted by molar-refractivity contribution is 7.89. The lowest BCUT2D eigenvalue weighted by Gasteiger charge is -2.36. The molecule has 0 unspecified atom stereocenters. The number of para-hydroxylation sites is 3. The summed E-state index contributed by atoms with van der Waals surface area (Å²) in [7, 11) is -3.90. The van der Waals surface area contributed by atoms with Gasteiger partial charge < -0.3 is 4.98 Å². The van der Waals surface area contributed by atoms with Gasteiger partial charge in [0.2, 0.25) is 10.0 Å². The Bertz CT molecular complexity index is 1040. The summed E-state index contributed by atoms with van der Waals surface area (Å²) in [6.45, 7) is 0.488. The van der Waals surface area contributed by atoms with Crippen molar-refractivity contribution < 1.29 is 13.3 Å². The first kappa shape index (κ1) is 15.7. The molecule has 1 fully saturated rings. The average molecular weight is 358 g/mol. The molecule has 0 amide bonds. The number of H-pyrrole nitrogens is 1. The Kier molecular flexibility index (Phi) is 3.55. The van der Waals surface area contributed by atoms with E-state index in [0.717, 1.165) is 16.9 Å². The summed E-state index contributed by atoms with van der Waals surface area (Å²) in [5.41, 5.74) is 1.32. The van der Waals surface area contributed by atoms with Gasteiger partial charge in [-0.2, -0.15) is 4.31 Å². The monoisotopic (exact) mass is 358 g/mol. The van der Waals surface area contributed by atoms with Crippen LogP contribution in [-0.4, -0.2) is 40.7 Å². The van der Waals surface area contributed by atoms with Crippen LogP contribution in [0.3, 0.4) is 0 Å². The van der Waals surface area contributed by atoms with E-state index in [1.807, 2.05) is 24.3 Å². The zero-order valence-corrected chi connectivity index (χ0v) is 13.8. The first-order valence-electron chi connectivity index (χ1n) is 7.65. The van der Waals surface area contributed by atoms with Crippen molar-refractivity contribution in [3.63, 3.8) is 0 Å². The molecule has 3 aromatic rings. The first-order chi connectivity index (χ1) is 12.0. The lowest BCUT2D eigenvalue weighted by atomic mass is 10.0. The van der Waals surface area contributed by atoms with Crippen LogP contribution in [-0.2, 0) is 10.0 Å². The Morgan fingerprint density at radius 3 is 2.52 bits per heavy atom. The average Bonchev–Trinajstić information content (AvgIpc) is 2.96. The fraction of sp³-hybridized carbons (Fsp3) is 0.188. The number of nitro benzene ring substituents is 1. The molecule has 1 N–H and O–H groups in total. The van der Waals surface area contributed by atoms with Crippen LogP contribution in [0.2, 0.25) is 0 Å². The summed E-state index contributed by atoms with van der Waals surface area (Å²) in [5.74, 6) is 0.681. The zero-order chi connectivity index (χ0) is 17.6. The molecule has 9 heteroatoms. The molecule has 0 radical (unpaired) electrons. The van der Waals surface area contributed by atoms with Gasteiger partial charge >= 0.3 is 0 Å². The third-order valence-corrected chi connectivity index (χ3v) is 6.20. The van der Waals surface area contributed by atoms with E-state index in [0.29, 0.717) is 0 Å². The smallest absolute Gasteiger partial charge is 0.289 e. The minimum absolute atomic E-state index is 0.0510. The first-order valence-corrected chi connectivity index (χ1v) is 9.09. The van der Waals surface area contributed by atoms with Gasteiger partial charge in [-0.25, -0.2) is 13.4 Å². The maximum atomic E-state index is 12.7. The van der Waals surface area contributed by atoms with Crippen LogP contribution in [0.4, 0.5) is 5.69 Å². The minimum Gasteiger partial charge on any atom is -0.342 e. The topological polar surface area (TPSA) is 109 Å². The van der Waals surface area contributed by atoms with Crippen LogP contribution < -0.4 is 0 Å². The molecule has 0 atom stereocenters. The Morgan fingerprint density at radius 1 is 1.12 bits per heavy atom. The van der Waals surface area contributed by atoms with Gasteiger partial charge in [0.1, 0.15) is 5.82 Å². The third kappa shape index (κ3) is 2.57. The van der Waals surface area contributed by atoms with Crippen molar-refractivity contribution in [1.82, 2.24) is 14.3 Å². The molecule has 25 heavy (non-hydrogen) atoms. The van der Waals surface area contributed by atoms with E-state index >= 15 is 0 Å². The predicted octanol–water partition coefficient (Wildman–Crippen LogP) is 2.26. The van der Waals surface area contributed by atoms with Crippen LogP contribution in [0, 0.1) is 10.1 Å². The van der Waals surface area contributed by atoms with Crippen molar-refractivity contribution in [3.05, 3.63) is 64.5 Å². The quantitative estimate of drug-likeness (QED) is 0.568. The van der Waals surface area contributed by atoms with E-state index in [9.17, 15) is 18.5 Å². The molecule has 1 aliphatic heterocycles. The molecule has 1 aromatic heterocycles. The minimum atomic E-state index is -3.90. The molecule has 2 aromatic carbocycles. The SMILES string of the molecule is O=[N+]([O-])c1ccccc1S(=O)(=O)N1CC(c2nc3ccccc3[nH]2)C1. The van der Waals surface area contributed by atoms with Crippen LogP contribution in [0.5, 0.6) is 0 Å². The number of nitrogens with one attached hydrogen (secondary N) is 1. The number of hydrogen-bond acceptors (Lipinski definition) is 5. The Morgan fingerprint density at radius 2 is 1.80 bits per heavy atom. The number of sulfonamides is 1. The number of rotatable bonds is 4. The highest BCUT2D eigenvalue weighted by atomic mass is 32.2. The van der Waals surface area contributed by atoms with Crippen molar-refractivity contribution in [2.45, 2.75) is 10.8 Å². The van der Waals surface area contributed by atoms with Crippen LogP contribution >= 0.6 is 0 Å². The molecule has 0 saturated carbocycles. The molecule has 4 rings (SSSR count). The lowest BCUT2D eigenvalue weighted by Crippen LogP contribution is -2.48. The maximum absolute atomic E-state index is 12.7. The van der Waals surface area contributed by atoms with E-state index in [1.165, 1.54) is 28.6 Å². The second-order valence-corrected chi connectivity index (χ2v) is 7.79. The van der Waals surface area contributed by atoms with Crippen LogP contribution in [0.1, 0.15) is 11.7 Å². The van der Waals surface area contributed by atoms with E-state index < -0.39 is 20.6 Å². The molecule has 2 heterocycles. The molecule has 0 spiro atoms. The van der Waals surface area contributed by atoms with Gasteiger partial charge in [0.05, 0.1) is 16.0 Å². The van der Waals surface area contributed by atoms with Gasteiger partial charge in [-0.3, -0.25) is 10.1 Å². The summed E-state index contributed by atoms with van der Waals surface area (Å²) < 4.78 is 26.6. The second-order valence-electron chi connectivity index (χ2n) is 5.88. The molecule has 8 nitrogen and oxygen atoms in total. The highest BCUT2D eigenvalue weighted by Crippen LogP contribution is 2.34. The van der Waals surface area contributed by atoms with Gasteiger partial charge in [0, 0.05) is 25.1 Å². The molecule has 1 saturated heterocycles. The summed E-state index contributed by atoms with van der Waals surface area (Å²) >= 11 is 0. The van der Waals surface area contributed by atoms with Crippen LogP contribution in [0.25, 0.3) is 11.0 Å². The molecular formula is C16H14N4O4S. The molecule has 1 aliphatic rings. The number of imidazole rings is 1. The molecule has 128 valence electrons. The standard InChI is InChI=1S/C16H14N4O4S/c21-20(22)14-7-3-4-8-15(14)25(23,24)19-9-11(10-19)16-17-12-5-1-2-6-13(12)18-16/h1-8,11H,9-10H2,(H,17,18). The second kappa shape index (κ2) is 5.64. The number of aromatic nitrogens is 2. The summed E-state index contributed by atoms with van der Waals surface area (Å²) in [6.07, 6.45) is 0. The van der Waals surface area contributed by atoms with E-state index in [2.05, 4.69) is 9.97 Å². The molecular weight excluding hydrogens is 344 g/mol. The number of nitro groups is 1. The lowest BCUT2D eigenvalue weighted by molar-refractivity contribution is -0.387. The number of hydrogen-bond donors (Lipinski definition) is 1. The number of fused-ring (bicyclic) bond motifs is 1. The normalized spacial score (nSPS) is 16.0. The van der Waals surface area contributed by atoms with Crippen molar-refractivity contribution in [3.8, 4) is 0 Å². The van der Waals surface area contributed by atoms with Crippen LogP contribution in [0.15, 0.2) is 53.4 Å². The molecule has 0 bridgehead atoms. The van der Waals surface area contributed by atoms with Crippen molar-refractivity contribution >= 4 is 26.7 Å². The highest BCUT2D eigenvalue weighted by Gasteiger charge is 2.41. The van der Waals surface area contributed by atoms with E-state index in [-0.39, 0.29) is 23.9 Å². The van der Waals surface area contributed by atoms with Crippen molar-refractivity contribution in [1.29, 1.82) is 0 Å². The van der Waals surface area contributed by atoms with Crippen molar-refractivity contribution in [2.75, 3.05) is 13.1 Å². The van der Waals surface area contributed by atoms with Gasteiger partial charge in [0.15, 0.2) is 4.90 Å². The number of benzene rings is 2. The van der Waals surface area contributed by atoms with Gasteiger partial charge in [-0.1, -0.05) is 24.3 Å². The van der Waals surface area contributed by atoms with Gasteiger partial charge in [-0.15, -0.1) is 0 Å². The maximum Gasteiger partial charge on any atom is 0.289 e. The fourth-order valence-corrected chi connectivity index (χ4v) is 4.63.